The minimum absolute atomic E-state index is 0.0814. The van der Waals surface area contributed by atoms with Crippen molar-refractivity contribution < 1.29 is 4.39 Å². The molecule has 0 spiro atoms. The highest BCUT2D eigenvalue weighted by molar-refractivity contribution is 5.18. The van der Waals surface area contributed by atoms with Gasteiger partial charge in [-0.05, 0) is 37.1 Å². The van der Waals surface area contributed by atoms with Crippen molar-refractivity contribution in [2.24, 2.45) is 0 Å². The Labute approximate surface area is 106 Å². The van der Waals surface area contributed by atoms with E-state index in [0.29, 0.717) is 0 Å². The van der Waals surface area contributed by atoms with Gasteiger partial charge in [0.1, 0.15) is 18.0 Å². The summed E-state index contributed by atoms with van der Waals surface area (Å²) in [5.74, 6) is 0.601. The molecule has 0 saturated carbocycles. The van der Waals surface area contributed by atoms with Crippen LogP contribution >= 0.6 is 0 Å². The van der Waals surface area contributed by atoms with Crippen molar-refractivity contribution in [1.82, 2.24) is 20.5 Å². The first kappa shape index (κ1) is 12.7. The summed E-state index contributed by atoms with van der Waals surface area (Å²) in [6.45, 7) is 3.02. The summed E-state index contributed by atoms with van der Waals surface area (Å²) in [5.41, 5.74) is 1.07. The van der Waals surface area contributed by atoms with Crippen LogP contribution in [0.25, 0.3) is 0 Å². The number of aromatic nitrogens is 3. The zero-order valence-electron chi connectivity index (χ0n) is 10.4. The lowest BCUT2D eigenvalue weighted by Gasteiger charge is -2.15. The van der Waals surface area contributed by atoms with Gasteiger partial charge in [0, 0.05) is 0 Å². The predicted octanol–water partition coefficient (Wildman–Crippen LogP) is 2.23. The van der Waals surface area contributed by atoms with E-state index in [0.717, 1.165) is 30.8 Å². The monoisotopic (exact) mass is 248 g/mol. The molecule has 1 aromatic heterocycles. The SMILES string of the molecule is CCCNC(Cc1ccc(F)cc1)c1ncn[nH]1. The number of H-pyrrole nitrogens is 1. The number of nitrogens with zero attached hydrogens (tertiary/aromatic N) is 2. The summed E-state index contributed by atoms with van der Waals surface area (Å²) in [6, 6.07) is 6.63. The molecule has 96 valence electrons. The molecule has 5 heteroatoms. The molecule has 0 bridgehead atoms. The van der Waals surface area contributed by atoms with E-state index >= 15 is 0 Å². The summed E-state index contributed by atoms with van der Waals surface area (Å²) in [5, 5.41) is 10.2. The van der Waals surface area contributed by atoms with Gasteiger partial charge >= 0.3 is 0 Å². The van der Waals surface area contributed by atoms with Crippen LogP contribution in [0.15, 0.2) is 30.6 Å². The zero-order valence-corrected chi connectivity index (χ0v) is 10.4. The Balaban J connectivity index is 2.07. The van der Waals surface area contributed by atoms with Crippen LogP contribution in [0.4, 0.5) is 4.39 Å². The molecule has 0 amide bonds. The molecule has 2 N–H and O–H groups in total. The average molecular weight is 248 g/mol. The summed E-state index contributed by atoms with van der Waals surface area (Å²) in [6.07, 6.45) is 3.31. The maximum atomic E-state index is 12.9. The lowest BCUT2D eigenvalue weighted by Crippen LogP contribution is -2.25. The molecule has 18 heavy (non-hydrogen) atoms. The fourth-order valence-electron chi connectivity index (χ4n) is 1.82. The van der Waals surface area contributed by atoms with E-state index in [1.165, 1.54) is 18.5 Å². The van der Waals surface area contributed by atoms with Crippen LogP contribution < -0.4 is 5.32 Å². The van der Waals surface area contributed by atoms with E-state index in [4.69, 9.17) is 0 Å². The van der Waals surface area contributed by atoms with Gasteiger partial charge in [-0.25, -0.2) is 9.37 Å². The Morgan fingerprint density at radius 2 is 2.11 bits per heavy atom. The van der Waals surface area contributed by atoms with Crippen molar-refractivity contribution in [2.75, 3.05) is 6.54 Å². The van der Waals surface area contributed by atoms with E-state index in [-0.39, 0.29) is 11.9 Å². The first-order chi connectivity index (χ1) is 8.79. The van der Waals surface area contributed by atoms with Gasteiger partial charge in [-0.2, -0.15) is 5.10 Å². The number of benzene rings is 1. The molecule has 0 aliphatic heterocycles. The fourth-order valence-corrected chi connectivity index (χ4v) is 1.82. The molecule has 0 radical (unpaired) electrons. The summed E-state index contributed by atoms with van der Waals surface area (Å²) in [4.78, 5) is 4.18. The van der Waals surface area contributed by atoms with Gasteiger partial charge in [-0.15, -0.1) is 0 Å². The number of halogens is 1. The third kappa shape index (κ3) is 3.37. The topological polar surface area (TPSA) is 53.6 Å². The molecule has 0 saturated heterocycles. The van der Waals surface area contributed by atoms with Crippen LogP contribution in [-0.4, -0.2) is 21.7 Å². The Morgan fingerprint density at radius 1 is 1.33 bits per heavy atom. The first-order valence-corrected chi connectivity index (χ1v) is 6.12. The van der Waals surface area contributed by atoms with Crippen molar-refractivity contribution in [3.8, 4) is 0 Å². The maximum absolute atomic E-state index is 12.9. The zero-order chi connectivity index (χ0) is 12.8. The largest absolute Gasteiger partial charge is 0.307 e. The van der Waals surface area contributed by atoms with Gasteiger partial charge in [0.15, 0.2) is 0 Å². The smallest absolute Gasteiger partial charge is 0.141 e. The van der Waals surface area contributed by atoms with Gasteiger partial charge in [-0.1, -0.05) is 19.1 Å². The van der Waals surface area contributed by atoms with Crippen molar-refractivity contribution in [2.45, 2.75) is 25.8 Å². The number of hydrogen-bond donors (Lipinski definition) is 2. The quantitative estimate of drug-likeness (QED) is 0.824. The minimum Gasteiger partial charge on any atom is -0.307 e. The molecule has 2 rings (SSSR count). The highest BCUT2D eigenvalue weighted by Crippen LogP contribution is 2.15. The van der Waals surface area contributed by atoms with E-state index in [2.05, 4.69) is 27.4 Å². The third-order valence-corrected chi connectivity index (χ3v) is 2.76. The average Bonchev–Trinajstić information content (AvgIpc) is 2.90. The second-order valence-corrected chi connectivity index (χ2v) is 4.21. The molecular weight excluding hydrogens is 231 g/mol. The van der Waals surface area contributed by atoms with Gasteiger partial charge < -0.3 is 5.32 Å². The Morgan fingerprint density at radius 3 is 2.72 bits per heavy atom. The molecule has 0 fully saturated rings. The van der Waals surface area contributed by atoms with E-state index in [1.807, 2.05) is 0 Å². The van der Waals surface area contributed by atoms with Crippen LogP contribution in [0.5, 0.6) is 0 Å². The van der Waals surface area contributed by atoms with Crippen LogP contribution in [0.3, 0.4) is 0 Å². The Bertz CT molecular complexity index is 452. The number of aromatic amines is 1. The fraction of sp³-hybridized carbons (Fsp3) is 0.385. The van der Waals surface area contributed by atoms with Crippen LogP contribution in [0.1, 0.15) is 30.8 Å². The van der Waals surface area contributed by atoms with Crippen molar-refractivity contribution in [3.63, 3.8) is 0 Å². The molecule has 1 unspecified atom stereocenters. The maximum Gasteiger partial charge on any atom is 0.141 e. The molecule has 1 heterocycles. The van der Waals surface area contributed by atoms with Crippen LogP contribution in [0, 0.1) is 5.82 Å². The number of rotatable bonds is 6. The van der Waals surface area contributed by atoms with Gasteiger partial charge in [0.25, 0.3) is 0 Å². The summed E-state index contributed by atoms with van der Waals surface area (Å²) >= 11 is 0. The van der Waals surface area contributed by atoms with Gasteiger partial charge in [0.05, 0.1) is 6.04 Å². The molecular formula is C13H17FN4. The lowest BCUT2D eigenvalue weighted by atomic mass is 10.1. The van der Waals surface area contributed by atoms with E-state index in [1.54, 1.807) is 12.1 Å². The van der Waals surface area contributed by atoms with Crippen LogP contribution in [-0.2, 0) is 6.42 Å². The number of nitrogens with one attached hydrogen (secondary N) is 2. The Kier molecular flexibility index (Phi) is 4.41. The molecule has 1 atom stereocenters. The molecule has 1 aromatic carbocycles. The van der Waals surface area contributed by atoms with Crippen molar-refractivity contribution >= 4 is 0 Å². The molecule has 0 aliphatic rings. The highest BCUT2D eigenvalue weighted by atomic mass is 19.1. The summed E-state index contributed by atoms with van der Waals surface area (Å²) in [7, 11) is 0. The second-order valence-electron chi connectivity index (χ2n) is 4.21. The van der Waals surface area contributed by atoms with E-state index in [9.17, 15) is 4.39 Å². The second kappa shape index (κ2) is 6.26. The third-order valence-electron chi connectivity index (χ3n) is 2.76. The number of hydrogen-bond acceptors (Lipinski definition) is 3. The highest BCUT2D eigenvalue weighted by Gasteiger charge is 2.14. The summed E-state index contributed by atoms with van der Waals surface area (Å²) < 4.78 is 12.9. The molecule has 0 aliphatic carbocycles. The van der Waals surface area contributed by atoms with Crippen molar-refractivity contribution in [1.29, 1.82) is 0 Å². The molecule has 2 aromatic rings. The molecule has 4 nitrogen and oxygen atoms in total. The predicted molar refractivity (Wildman–Crippen MR) is 67.5 cm³/mol. The van der Waals surface area contributed by atoms with Crippen molar-refractivity contribution in [3.05, 3.63) is 47.8 Å². The minimum atomic E-state index is -0.212. The lowest BCUT2D eigenvalue weighted by molar-refractivity contribution is 0.505. The van der Waals surface area contributed by atoms with E-state index < -0.39 is 0 Å². The Hall–Kier alpha value is -1.75. The first-order valence-electron chi connectivity index (χ1n) is 6.12. The van der Waals surface area contributed by atoms with Crippen LogP contribution in [0.2, 0.25) is 0 Å². The standard InChI is InChI=1S/C13H17FN4/c1-2-7-15-12(13-16-9-17-18-13)8-10-3-5-11(14)6-4-10/h3-6,9,12,15H,2,7-8H2,1H3,(H,16,17,18). The van der Waals surface area contributed by atoms with Gasteiger partial charge in [0.2, 0.25) is 0 Å². The van der Waals surface area contributed by atoms with Gasteiger partial charge in [-0.3, -0.25) is 5.10 Å². The normalized spacial score (nSPS) is 12.6.